The molecule has 108 valence electrons. The van der Waals surface area contributed by atoms with Gasteiger partial charge in [0.1, 0.15) is 5.82 Å². The van der Waals surface area contributed by atoms with Gasteiger partial charge in [-0.25, -0.2) is 4.39 Å². The molecule has 2 aliphatic rings. The summed E-state index contributed by atoms with van der Waals surface area (Å²) >= 11 is 0. The fourth-order valence-corrected chi connectivity index (χ4v) is 3.58. The summed E-state index contributed by atoms with van der Waals surface area (Å²) in [4.78, 5) is 14.1. The largest absolute Gasteiger partial charge is 0.393 e. The van der Waals surface area contributed by atoms with Crippen LogP contribution in [0.15, 0.2) is 24.3 Å². The van der Waals surface area contributed by atoms with E-state index in [4.69, 9.17) is 0 Å². The standard InChI is InChI=1S/C16H20FNO2/c17-13-5-1-3-11(7-13)8-16(20)18-9-12-4-2-6-15(19)14(12)10-18/h1,3,5,7,12,14-15,19H,2,4,6,8-10H2/t12-,14+,15-/m1/s1. The van der Waals surface area contributed by atoms with Crippen LogP contribution in [0.5, 0.6) is 0 Å². The van der Waals surface area contributed by atoms with Crippen LogP contribution in [0.3, 0.4) is 0 Å². The minimum atomic E-state index is -0.305. The third-order valence-corrected chi connectivity index (χ3v) is 4.66. The normalized spacial score (nSPS) is 29.3. The quantitative estimate of drug-likeness (QED) is 0.898. The van der Waals surface area contributed by atoms with Gasteiger partial charge < -0.3 is 10.0 Å². The summed E-state index contributed by atoms with van der Waals surface area (Å²) in [5, 5.41) is 10.0. The number of likely N-dealkylation sites (tertiary alicyclic amines) is 1. The molecule has 1 N–H and O–H groups in total. The molecule has 3 nitrogen and oxygen atoms in total. The molecule has 1 saturated heterocycles. The van der Waals surface area contributed by atoms with Crippen molar-refractivity contribution in [2.24, 2.45) is 11.8 Å². The third-order valence-electron chi connectivity index (χ3n) is 4.66. The maximum absolute atomic E-state index is 13.1. The number of amides is 1. The zero-order valence-corrected chi connectivity index (χ0v) is 11.5. The molecule has 0 spiro atoms. The first-order valence-electron chi connectivity index (χ1n) is 7.34. The molecule has 1 aromatic rings. The van der Waals surface area contributed by atoms with Crippen molar-refractivity contribution in [1.82, 2.24) is 4.90 Å². The number of aliphatic hydroxyl groups is 1. The summed E-state index contributed by atoms with van der Waals surface area (Å²) in [5.74, 6) is 0.411. The predicted molar refractivity (Wildman–Crippen MR) is 73.5 cm³/mol. The molecule has 1 aliphatic heterocycles. The Bertz CT molecular complexity index is 505. The SMILES string of the molecule is O=C(Cc1cccc(F)c1)N1C[C@H]2CCC[C@@H](O)[C@H]2C1. The molecule has 0 bridgehead atoms. The van der Waals surface area contributed by atoms with Gasteiger partial charge in [-0.1, -0.05) is 18.6 Å². The van der Waals surface area contributed by atoms with Crippen molar-refractivity contribution in [3.63, 3.8) is 0 Å². The number of benzene rings is 1. The number of nitrogens with zero attached hydrogens (tertiary/aromatic N) is 1. The van der Waals surface area contributed by atoms with E-state index in [9.17, 15) is 14.3 Å². The first kappa shape index (κ1) is 13.6. The number of carbonyl (C=O) groups is 1. The Hall–Kier alpha value is -1.42. The Labute approximate surface area is 118 Å². The highest BCUT2D eigenvalue weighted by molar-refractivity contribution is 5.79. The van der Waals surface area contributed by atoms with Gasteiger partial charge in [-0.15, -0.1) is 0 Å². The van der Waals surface area contributed by atoms with Crippen molar-refractivity contribution in [3.05, 3.63) is 35.6 Å². The molecular formula is C16H20FNO2. The van der Waals surface area contributed by atoms with E-state index in [2.05, 4.69) is 0 Å². The van der Waals surface area contributed by atoms with Crippen molar-refractivity contribution < 1.29 is 14.3 Å². The van der Waals surface area contributed by atoms with Crippen LogP contribution in [0, 0.1) is 17.7 Å². The van der Waals surface area contributed by atoms with E-state index in [1.807, 2.05) is 4.90 Å². The minimum absolute atomic E-state index is 0.0391. The van der Waals surface area contributed by atoms with Gasteiger partial charge in [0.05, 0.1) is 12.5 Å². The predicted octanol–water partition coefficient (Wildman–Crippen LogP) is 1.99. The second-order valence-electron chi connectivity index (χ2n) is 6.03. The number of rotatable bonds is 2. The Morgan fingerprint density at radius 3 is 2.95 bits per heavy atom. The molecule has 1 saturated carbocycles. The van der Waals surface area contributed by atoms with Crippen molar-refractivity contribution in [2.75, 3.05) is 13.1 Å². The molecule has 1 aromatic carbocycles. The molecule has 20 heavy (non-hydrogen) atoms. The van der Waals surface area contributed by atoms with Crippen molar-refractivity contribution in [3.8, 4) is 0 Å². The molecule has 0 aromatic heterocycles. The number of fused-ring (bicyclic) bond motifs is 1. The van der Waals surface area contributed by atoms with Gasteiger partial charge in [-0.3, -0.25) is 4.79 Å². The second kappa shape index (κ2) is 5.52. The van der Waals surface area contributed by atoms with Gasteiger partial charge in [0, 0.05) is 19.0 Å². The number of hydrogen-bond donors (Lipinski definition) is 1. The summed E-state index contributed by atoms with van der Waals surface area (Å²) in [7, 11) is 0. The van der Waals surface area contributed by atoms with Crippen LogP contribution < -0.4 is 0 Å². The molecule has 1 amide bonds. The lowest BCUT2D eigenvalue weighted by Crippen LogP contribution is -2.32. The molecular weight excluding hydrogens is 257 g/mol. The molecule has 1 heterocycles. The Kier molecular flexibility index (Phi) is 3.74. The Balaban J connectivity index is 1.64. The van der Waals surface area contributed by atoms with Crippen LogP contribution >= 0.6 is 0 Å². The van der Waals surface area contributed by atoms with E-state index < -0.39 is 0 Å². The van der Waals surface area contributed by atoms with Crippen LogP contribution in [-0.4, -0.2) is 35.1 Å². The molecule has 1 aliphatic carbocycles. The van der Waals surface area contributed by atoms with Gasteiger partial charge in [0.2, 0.25) is 5.91 Å². The maximum atomic E-state index is 13.1. The smallest absolute Gasteiger partial charge is 0.227 e. The molecule has 2 fully saturated rings. The lowest BCUT2D eigenvalue weighted by atomic mass is 9.80. The highest BCUT2D eigenvalue weighted by Crippen LogP contribution is 2.36. The average Bonchev–Trinajstić information content (AvgIpc) is 2.84. The Morgan fingerprint density at radius 1 is 1.35 bits per heavy atom. The number of carbonyl (C=O) groups excluding carboxylic acids is 1. The topological polar surface area (TPSA) is 40.5 Å². The zero-order valence-electron chi connectivity index (χ0n) is 11.5. The van der Waals surface area contributed by atoms with Gasteiger partial charge >= 0.3 is 0 Å². The fourth-order valence-electron chi connectivity index (χ4n) is 3.58. The Morgan fingerprint density at radius 2 is 2.20 bits per heavy atom. The summed E-state index contributed by atoms with van der Waals surface area (Å²) in [6.07, 6.45) is 2.99. The van der Waals surface area contributed by atoms with Gasteiger partial charge in [-0.05, 0) is 36.5 Å². The van der Waals surface area contributed by atoms with Gasteiger partial charge in [-0.2, -0.15) is 0 Å². The van der Waals surface area contributed by atoms with Crippen molar-refractivity contribution >= 4 is 5.91 Å². The molecule has 3 atom stereocenters. The monoisotopic (exact) mass is 277 g/mol. The maximum Gasteiger partial charge on any atom is 0.227 e. The van der Waals surface area contributed by atoms with E-state index in [0.29, 0.717) is 18.0 Å². The molecule has 3 rings (SSSR count). The number of halogens is 1. The van der Waals surface area contributed by atoms with E-state index in [0.717, 1.165) is 25.8 Å². The highest BCUT2D eigenvalue weighted by atomic mass is 19.1. The van der Waals surface area contributed by atoms with Crippen molar-refractivity contribution in [2.45, 2.75) is 31.8 Å². The van der Waals surface area contributed by atoms with Crippen LogP contribution in [-0.2, 0) is 11.2 Å². The number of hydrogen-bond acceptors (Lipinski definition) is 2. The molecule has 0 unspecified atom stereocenters. The first-order chi connectivity index (χ1) is 9.63. The highest BCUT2D eigenvalue weighted by Gasteiger charge is 2.40. The van der Waals surface area contributed by atoms with E-state index in [1.165, 1.54) is 12.1 Å². The summed E-state index contributed by atoms with van der Waals surface area (Å²) in [6.45, 7) is 1.40. The van der Waals surface area contributed by atoms with Crippen LogP contribution in [0.2, 0.25) is 0 Å². The second-order valence-corrected chi connectivity index (χ2v) is 6.03. The zero-order chi connectivity index (χ0) is 14.1. The fraction of sp³-hybridized carbons (Fsp3) is 0.562. The first-order valence-corrected chi connectivity index (χ1v) is 7.34. The van der Waals surface area contributed by atoms with E-state index in [1.54, 1.807) is 12.1 Å². The van der Waals surface area contributed by atoms with Gasteiger partial charge in [0.15, 0.2) is 0 Å². The summed E-state index contributed by atoms with van der Waals surface area (Å²) < 4.78 is 13.1. The molecule has 0 radical (unpaired) electrons. The van der Waals surface area contributed by atoms with E-state index >= 15 is 0 Å². The van der Waals surface area contributed by atoms with Crippen molar-refractivity contribution in [1.29, 1.82) is 0 Å². The summed E-state index contributed by atoms with van der Waals surface area (Å²) in [5.41, 5.74) is 0.713. The number of aliphatic hydroxyl groups excluding tert-OH is 1. The third kappa shape index (κ3) is 2.70. The molecule has 4 heteroatoms. The van der Waals surface area contributed by atoms with Crippen LogP contribution in [0.1, 0.15) is 24.8 Å². The summed E-state index contributed by atoms with van der Waals surface area (Å²) in [6, 6.07) is 6.20. The van der Waals surface area contributed by atoms with Crippen LogP contribution in [0.4, 0.5) is 4.39 Å². The van der Waals surface area contributed by atoms with E-state index in [-0.39, 0.29) is 30.2 Å². The minimum Gasteiger partial charge on any atom is -0.393 e. The lowest BCUT2D eigenvalue weighted by Gasteiger charge is -2.28. The average molecular weight is 277 g/mol. The van der Waals surface area contributed by atoms with Gasteiger partial charge in [0.25, 0.3) is 0 Å². The van der Waals surface area contributed by atoms with Crippen LogP contribution in [0.25, 0.3) is 0 Å². The lowest BCUT2D eigenvalue weighted by molar-refractivity contribution is -0.129.